The van der Waals surface area contributed by atoms with Crippen molar-refractivity contribution in [3.05, 3.63) is 17.0 Å². The lowest BCUT2D eigenvalue weighted by Gasteiger charge is -2.13. The molecular weight excluding hydrogens is 208 g/mol. The average Bonchev–Trinajstić information content (AvgIpc) is 2.72. The van der Waals surface area contributed by atoms with Gasteiger partial charge in [0, 0.05) is 5.69 Å². The molecule has 2 rings (SSSR count). The molecule has 1 aliphatic carbocycles. The SMILES string of the molecule is COC(=O)C[C@H](O)c1n[nH]c2c1CCCC2. The Labute approximate surface area is 93.8 Å². The monoisotopic (exact) mass is 224 g/mol. The number of ether oxygens (including phenoxy) is 1. The number of carbonyl (C=O) groups is 1. The fourth-order valence-corrected chi connectivity index (χ4v) is 2.12. The maximum atomic E-state index is 11.1. The number of aromatic amines is 1. The Balaban J connectivity index is 2.14. The molecule has 0 radical (unpaired) electrons. The minimum Gasteiger partial charge on any atom is -0.469 e. The molecule has 88 valence electrons. The molecule has 0 fully saturated rings. The van der Waals surface area contributed by atoms with Crippen LogP contribution in [0, 0.1) is 0 Å². The third kappa shape index (κ3) is 2.09. The number of hydrogen-bond acceptors (Lipinski definition) is 4. The van der Waals surface area contributed by atoms with Gasteiger partial charge in [-0.3, -0.25) is 9.89 Å². The van der Waals surface area contributed by atoms with Crippen LogP contribution in [-0.2, 0) is 22.4 Å². The summed E-state index contributed by atoms with van der Waals surface area (Å²) in [6.45, 7) is 0. The Morgan fingerprint density at radius 3 is 3.06 bits per heavy atom. The first-order chi connectivity index (χ1) is 7.72. The van der Waals surface area contributed by atoms with Crippen LogP contribution in [0.25, 0.3) is 0 Å². The number of aromatic nitrogens is 2. The van der Waals surface area contributed by atoms with E-state index < -0.39 is 12.1 Å². The molecule has 0 aliphatic heterocycles. The summed E-state index contributed by atoms with van der Waals surface area (Å²) in [5.74, 6) is -0.417. The Hall–Kier alpha value is -1.36. The molecular formula is C11H16N2O3. The number of carbonyl (C=O) groups excluding carboxylic acids is 1. The highest BCUT2D eigenvalue weighted by atomic mass is 16.5. The van der Waals surface area contributed by atoms with Crippen LogP contribution in [0.5, 0.6) is 0 Å². The summed E-state index contributed by atoms with van der Waals surface area (Å²) in [6.07, 6.45) is 3.29. The maximum absolute atomic E-state index is 11.1. The van der Waals surface area contributed by atoms with Gasteiger partial charge < -0.3 is 9.84 Å². The molecule has 0 bridgehead atoms. The first kappa shape index (κ1) is 11.1. The van der Waals surface area contributed by atoms with Crippen LogP contribution >= 0.6 is 0 Å². The van der Waals surface area contributed by atoms with Crippen LogP contribution in [0.3, 0.4) is 0 Å². The second-order valence-electron chi connectivity index (χ2n) is 4.07. The maximum Gasteiger partial charge on any atom is 0.308 e. The lowest BCUT2D eigenvalue weighted by molar-refractivity contribution is -0.142. The number of nitrogens with one attached hydrogen (secondary N) is 1. The predicted octanol–water partition coefficient (Wildman–Crippen LogP) is 0.885. The minimum atomic E-state index is -0.856. The van der Waals surface area contributed by atoms with Gasteiger partial charge in [-0.15, -0.1) is 0 Å². The first-order valence-corrected chi connectivity index (χ1v) is 5.53. The summed E-state index contributed by atoms with van der Waals surface area (Å²) < 4.78 is 4.53. The molecule has 1 aliphatic rings. The van der Waals surface area contributed by atoms with E-state index in [2.05, 4.69) is 14.9 Å². The van der Waals surface area contributed by atoms with E-state index >= 15 is 0 Å². The van der Waals surface area contributed by atoms with Gasteiger partial charge in [0.05, 0.1) is 19.2 Å². The summed E-state index contributed by atoms with van der Waals surface area (Å²) in [6, 6.07) is 0. The molecule has 16 heavy (non-hydrogen) atoms. The molecule has 0 aromatic carbocycles. The lowest BCUT2D eigenvalue weighted by atomic mass is 9.94. The number of methoxy groups -OCH3 is 1. The van der Waals surface area contributed by atoms with E-state index in [0.29, 0.717) is 5.69 Å². The van der Waals surface area contributed by atoms with Gasteiger partial charge in [0.1, 0.15) is 6.10 Å². The number of hydrogen-bond donors (Lipinski definition) is 2. The van der Waals surface area contributed by atoms with E-state index in [4.69, 9.17) is 0 Å². The van der Waals surface area contributed by atoms with E-state index in [1.165, 1.54) is 7.11 Å². The molecule has 2 N–H and O–H groups in total. The molecule has 1 aromatic rings. The summed E-state index contributed by atoms with van der Waals surface area (Å²) in [7, 11) is 1.31. The van der Waals surface area contributed by atoms with Crippen molar-refractivity contribution in [3.8, 4) is 0 Å². The molecule has 1 aromatic heterocycles. The van der Waals surface area contributed by atoms with Gasteiger partial charge in [-0.1, -0.05) is 0 Å². The lowest BCUT2D eigenvalue weighted by Crippen LogP contribution is -2.11. The van der Waals surface area contributed by atoms with Crippen molar-refractivity contribution >= 4 is 5.97 Å². The zero-order valence-electron chi connectivity index (χ0n) is 9.32. The predicted molar refractivity (Wildman–Crippen MR) is 56.8 cm³/mol. The largest absolute Gasteiger partial charge is 0.469 e. The van der Waals surface area contributed by atoms with Gasteiger partial charge in [-0.25, -0.2) is 0 Å². The highest BCUT2D eigenvalue weighted by Gasteiger charge is 2.23. The zero-order chi connectivity index (χ0) is 11.5. The van der Waals surface area contributed by atoms with E-state index in [1.807, 2.05) is 0 Å². The average molecular weight is 224 g/mol. The first-order valence-electron chi connectivity index (χ1n) is 5.53. The highest BCUT2D eigenvalue weighted by molar-refractivity contribution is 5.70. The number of aryl methyl sites for hydroxylation is 1. The van der Waals surface area contributed by atoms with Crippen molar-refractivity contribution in [3.63, 3.8) is 0 Å². The van der Waals surface area contributed by atoms with Gasteiger partial charge in [-0.2, -0.15) is 5.10 Å². The molecule has 1 atom stereocenters. The number of fused-ring (bicyclic) bond motifs is 1. The Kier molecular flexibility index (Phi) is 3.24. The van der Waals surface area contributed by atoms with Crippen molar-refractivity contribution < 1.29 is 14.6 Å². The van der Waals surface area contributed by atoms with Crippen LogP contribution in [0.2, 0.25) is 0 Å². The highest BCUT2D eigenvalue weighted by Crippen LogP contribution is 2.27. The van der Waals surface area contributed by atoms with Crippen molar-refractivity contribution in [2.24, 2.45) is 0 Å². The number of aliphatic hydroxyl groups excluding tert-OH is 1. The van der Waals surface area contributed by atoms with Crippen LogP contribution < -0.4 is 0 Å². The quantitative estimate of drug-likeness (QED) is 0.747. The smallest absolute Gasteiger partial charge is 0.308 e. The third-order valence-corrected chi connectivity index (χ3v) is 2.99. The summed E-state index contributed by atoms with van der Waals surface area (Å²) >= 11 is 0. The van der Waals surface area contributed by atoms with Crippen molar-refractivity contribution in [2.75, 3.05) is 7.11 Å². The molecule has 5 nitrogen and oxygen atoms in total. The molecule has 1 heterocycles. The van der Waals surface area contributed by atoms with Crippen molar-refractivity contribution in [1.29, 1.82) is 0 Å². The number of esters is 1. The minimum absolute atomic E-state index is 0.0339. The Morgan fingerprint density at radius 1 is 1.56 bits per heavy atom. The molecule has 0 amide bonds. The summed E-state index contributed by atoms with van der Waals surface area (Å²) in [5, 5.41) is 16.9. The van der Waals surface area contributed by atoms with Gasteiger partial charge >= 0.3 is 5.97 Å². The molecule has 0 unspecified atom stereocenters. The standard InChI is InChI=1S/C11H16N2O3/c1-16-10(15)6-9(14)11-7-4-2-3-5-8(7)12-13-11/h9,14H,2-6H2,1H3,(H,12,13)/t9-/m0/s1. The zero-order valence-corrected chi connectivity index (χ0v) is 9.32. The van der Waals surface area contributed by atoms with Crippen molar-refractivity contribution in [2.45, 2.75) is 38.2 Å². The van der Waals surface area contributed by atoms with E-state index in [1.54, 1.807) is 0 Å². The summed E-state index contributed by atoms with van der Waals surface area (Å²) in [4.78, 5) is 11.1. The fraction of sp³-hybridized carbons (Fsp3) is 0.636. The number of nitrogens with zero attached hydrogens (tertiary/aromatic N) is 1. The molecule has 0 saturated carbocycles. The molecule has 0 spiro atoms. The molecule has 5 heteroatoms. The number of aliphatic hydroxyl groups is 1. The number of H-pyrrole nitrogens is 1. The number of rotatable bonds is 3. The summed E-state index contributed by atoms with van der Waals surface area (Å²) in [5.41, 5.74) is 2.80. The second kappa shape index (κ2) is 4.65. The van der Waals surface area contributed by atoms with Crippen LogP contribution in [-0.4, -0.2) is 28.4 Å². The Bertz CT molecular complexity index is 387. The van der Waals surface area contributed by atoms with Gasteiger partial charge in [0.25, 0.3) is 0 Å². The van der Waals surface area contributed by atoms with Gasteiger partial charge in [-0.05, 0) is 31.2 Å². The third-order valence-electron chi connectivity index (χ3n) is 2.99. The van der Waals surface area contributed by atoms with Crippen LogP contribution in [0.15, 0.2) is 0 Å². The van der Waals surface area contributed by atoms with Crippen molar-refractivity contribution in [1.82, 2.24) is 10.2 Å². The van der Waals surface area contributed by atoms with Gasteiger partial charge in [0.15, 0.2) is 0 Å². The van der Waals surface area contributed by atoms with Crippen LogP contribution in [0.1, 0.15) is 42.3 Å². The van der Waals surface area contributed by atoms with E-state index in [0.717, 1.165) is 36.9 Å². The fourth-order valence-electron chi connectivity index (χ4n) is 2.12. The molecule has 0 saturated heterocycles. The van der Waals surface area contributed by atoms with E-state index in [9.17, 15) is 9.90 Å². The second-order valence-corrected chi connectivity index (χ2v) is 4.07. The van der Waals surface area contributed by atoms with Crippen LogP contribution in [0.4, 0.5) is 0 Å². The van der Waals surface area contributed by atoms with E-state index in [-0.39, 0.29) is 6.42 Å². The topological polar surface area (TPSA) is 75.2 Å². The normalized spacial score (nSPS) is 16.6. The van der Waals surface area contributed by atoms with Gasteiger partial charge in [0.2, 0.25) is 0 Å². The Morgan fingerprint density at radius 2 is 2.31 bits per heavy atom.